The van der Waals surface area contributed by atoms with Gasteiger partial charge in [-0.3, -0.25) is 0 Å². The summed E-state index contributed by atoms with van der Waals surface area (Å²) in [5.41, 5.74) is 0.876. The van der Waals surface area contributed by atoms with Gasteiger partial charge in [0, 0.05) is 11.5 Å². The van der Waals surface area contributed by atoms with Crippen LogP contribution in [0.15, 0.2) is 48.1 Å². The Morgan fingerprint density at radius 1 is 1.03 bits per heavy atom. The standard InChI is InChI=1S/C20H25ClO8/c21-19(10-23)6-5-12(8-13(19)7-11-1-3-14(24)4-2-11)20(28)18(27)17(26)16(25)15(9-22)29-20/h1-6,8,13,15-18,22-28H,7,9-10H2/t13?,15-,16-,17+,18-,19?,20-/m1/s1. The predicted molar refractivity (Wildman–Crippen MR) is 103 cm³/mol. The first-order valence-electron chi connectivity index (χ1n) is 9.19. The number of alkyl halides is 1. The van der Waals surface area contributed by atoms with Crippen LogP contribution in [0.2, 0.25) is 0 Å². The van der Waals surface area contributed by atoms with Crippen molar-refractivity contribution in [2.75, 3.05) is 13.2 Å². The Labute approximate surface area is 172 Å². The second-order valence-corrected chi connectivity index (χ2v) is 8.18. The largest absolute Gasteiger partial charge is 0.508 e. The van der Waals surface area contributed by atoms with E-state index in [1.807, 2.05) is 0 Å². The minimum absolute atomic E-state index is 0.0721. The molecule has 0 radical (unpaired) electrons. The van der Waals surface area contributed by atoms with Crippen molar-refractivity contribution in [2.45, 2.75) is 41.5 Å². The molecule has 160 valence electrons. The van der Waals surface area contributed by atoms with Crippen molar-refractivity contribution in [3.05, 3.63) is 53.6 Å². The lowest BCUT2D eigenvalue weighted by Crippen LogP contribution is -2.66. The van der Waals surface area contributed by atoms with Crippen LogP contribution in [0.4, 0.5) is 0 Å². The number of ether oxygens (including phenoxy) is 1. The molecule has 1 heterocycles. The Balaban J connectivity index is 1.95. The van der Waals surface area contributed by atoms with E-state index in [0.717, 1.165) is 5.56 Å². The number of allylic oxidation sites excluding steroid dienone is 1. The molecular weight excluding hydrogens is 404 g/mol. The molecule has 1 aromatic carbocycles. The van der Waals surface area contributed by atoms with Crippen molar-refractivity contribution in [3.8, 4) is 5.75 Å². The number of aromatic hydroxyl groups is 1. The molecule has 1 fully saturated rings. The van der Waals surface area contributed by atoms with Crippen molar-refractivity contribution in [2.24, 2.45) is 5.92 Å². The smallest absolute Gasteiger partial charge is 0.222 e. The second-order valence-electron chi connectivity index (χ2n) is 7.48. The van der Waals surface area contributed by atoms with Crippen molar-refractivity contribution in [3.63, 3.8) is 0 Å². The molecule has 3 rings (SSSR count). The van der Waals surface area contributed by atoms with E-state index >= 15 is 0 Å². The van der Waals surface area contributed by atoms with E-state index in [-0.39, 0.29) is 11.3 Å². The van der Waals surface area contributed by atoms with Crippen LogP contribution in [0.25, 0.3) is 0 Å². The fourth-order valence-corrected chi connectivity index (χ4v) is 3.88. The van der Waals surface area contributed by atoms with Gasteiger partial charge in [0.05, 0.1) is 18.1 Å². The number of aliphatic hydroxyl groups is 6. The van der Waals surface area contributed by atoms with Crippen LogP contribution in [-0.2, 0) is 11.2 Å². The number of phenolic OH excluding ortho intramolecular Hbond substituents is 1. The van der Waals surface area contributed by atoms with Crippen molar-refractivity contribution in [1.29, 1.82) is 0 Å². The Morgan fingerprint density at radius 2 is 1.69 bits per heavy atom. The number of hydrogen-bond donors (Lipinski definition) is 7. The second kappa shape index (κ2) is 8.33. The third-order valence-electron chi connectivity index (χ3n) is 5.55. The van der Waals surface area contributed by atoms with Crippen LogP contribution in [0.1, 0.15) is 5.56 Å². The molecule has 0 saturated carbocycles. The molecule has 9 heteroatoms. The molecule has 1 aliphatic carbocycles. The predicted octanol–water partition coefficient (Wildman–Crippen LogP) is -0.821. The lowest BCUT2D eigenvalue weighted by atomic mass is 9.77. The van der Waals surface area contributed by atoms with Crippen molar-refractivity contribution < 1.29 is 40.5 Å². The summed E-state index contributed by atoms with van der Waals surface area (Å²) in [5, 5.41) is 70.0. The van der Waals surface area contributed by atoms with Gasteiger partial charge in [0.1, 0.15) is 30.2 Å². The molecule has 29 heavy (non-hydrogen) atoms. The maximum absolute atomic E-state index is 11.0. The Bertz CT molecular complexity index is 779. The highest BCUT2D eigenvalue weighted by Crippen LogP contribution is 2.41. The zero-order valence-corrected chi connectivity index (χ0v) is 16.2. The SMILES string of the molecule is OC[C@H]1O[C@](O)(C2=CC(Cc3ccc(O)cc3)C(Cl)(CO)C=C2)[C@H](O)[C@@H](O)[C@@H]1O. The normalized spacial score (nSPS) is 40.0. The van der Waals surface area contributed by atoms with Crippen LogP contribution in [0.3, 0.4) is 0 Å². The van der Waals surface area contributed by atoms with E-state index < -0.39 is 54.2 Å². The van der Waals surface area contributed by atoms with Crippen LogP contribution in [-0.4, -0.2) is 84.0 Å². The topological polar surface area (TPSA) is 151 Å². The Hall–Kier alpha value is -1.49. The minimum Gasteiger partial charge on any atom is -0.508 e. The van der Waals surface area contributed by atoms with Crippen LogP contribution in [0, 0.1) is 5.92 Å². The molecule has 2 unspecified atom stereocenters. The van der Waals surface area contributed by atoms with Crippen LogP contribution in [0.5, 0.6) is 5.75 Å². The summed E-state index contributed by atoms with van der Waals surface area (Å²) >= 11 is 6.56. The molecule has 0 amide bonds. The van der Waals surface area contributed by atoms with E-state index in [1.54, 1.807) is 12.1 Å². The van der Waals surface area contributed by atoms with Gasteiger partial charge in [-0.05, 0) is 24.1 Å². The summed E-state index contributed by atoms with van der Waals surface area (Å²) in [6, 6.07) is 6.41. The highest BCUT2D eigenvalue weighted by molar-refractivity contribution is 6.26. The van der Waals surface area contributed by atoms with Gasteiger partial charge in [-0.2, -0.15) is 0 Å². The molecule has 0 spiro atoms. The summed E-state index contributed by atoms with van der Waals surface area (Å²) < 4.78 is 5.36. The highest BCUT2D eigenvalue weighted by atomic mass is 35.5. The highest BCUT2D eigenvalue weighted by Gasteiger charge is 2.55. The quantitative estimate of drug-likeness (QED) is 0.300. The summed E-state index contributed by atoms with van der Waals surface area (Å²) in [7, 11) is 0. The third-order valence-corrected chi connectivity index (χ3v) is 6.08. The number of hydrogen-bond acceptors (Lipinski definition) is 8. The molecule has 8 nitrogen and oxygen atoms in total. The minimum atomic E-state index is -2.40. The van der Waals surface area contributed by atoms with Crippen molar-refractivity contribution in [1.82, 2.24) is 0 Å². The number of rotatable bonds is 5. The lowest BCUT2D eigenvalue weighted by molar-refractivity contribution is -0.330. The van der Waals surface area contributed by atoms with E-state index in [4.69, 9.17) is 16.3 Å². The maximum Gasteiger partial charge on any atom is 0.222 e. The maximum atomic E-state index is 11.0. The van der Waals surface area contributed by atoms with Gasteiger partial charge in [0.2, 0.25) is 5.79 Å². The van der Waals surface area contributed by atoms with Gasteiger partial charge >= 0.3 is 0 Å². The van der Waals surface area contributed by atoms with E-state index in [9.17, 15) is 35.7 Å². The molecule has 7 N–H and O–H groups in total. The fraction of sp³-hybridized carbons (Fsp3) is 0.500. The first-order valence-corrected chi connectivity index (χ1v) is 9.57. The first-order chi connectivity index (χ1) is 13.6. The average Bonchev–Trinajstić information content (AvgIpc) is 2.72. The molecule has 1 aliphatic heterocycles. The van der Waals surface area contributed by atoms with Gasteiger partial charge < -0.3 is 40.5 Å². The summed E-state index contributed by atoms with van der Waals surface area (Å²) in [6.07, 6.45) is -1.84. The molecular formula is C20H25ClO8. The molecule has 2 aliphatic rings. The van der Waals surface area contributed by atoms with Gasteiger partial charge in [0.25, 0.3) is 0 Å². The van der Waals surface area contributed by atoms with Crippen LogP contribution < -0.4 is 0 Å². The fourth-order valence-electron chi connectivity index (χ4n) is 3.68. The van der Waals surface area contributed by atoms with Crippen LogP contribution >= 0.6 is 11.6 Å². The summed E-state index contributed by atoms with van der Waals surface area (Å²) in [6.45, 7) is -1.09. The van der Waals surface area contributed by atoms with E-state index in [0.29, 0.717) is 6.42 Å². The number of aliphatic hydroxyl groups excluding tert-OH is 5. The number of halogens is 1. The molecule has 7 atom stereocenters. The Morgan fingerprint density at radius 3 is 2.28 bits per heavy atom. The average molecular weight is 429 g/mol. The summed E-state index contributed by atoms with van der Waals surface area (Å²) in [4.78, 5) is -1.19. The van der Waals surface area contributed by atoms with Crippen molar-refractivity contribution >= 4 is 11.6 Å². The zero-order valence-electron chi connectivity index (χ0n) is 15.5. The summed E-state index contributed by atoms with van der Waals surface area (Å²) in [5.74, 6) is -2.85. The number of phenols is 1. The molecule has 0 aromatic heterocycles. The van der Waals surface area contributed by atoms with Gasteiger partial charge in [0.15, 0.2) is 0 Å². The molecule has 1 aromatic rings. The first kappa shape index (κ1) is 22.2. The van der Waals surface area contributed by atoms with Gasteiger partial charge in [-0.25, -0.2) is 0 Å². The molecule has 1 saturated heterocycles. The Kier molecular flexibility index (Phi) is 6.38. The van der Waals surface area contributed by atoms with Gasteiger partial charge in [-0.1, -0.05) is 30.4 Å². The monoisotopic (exact) mass is 428 g/mol. The van der Waals surface area contributed by atoms with E-state index in [2.05, 4.69) is 0 Å². The molecule has 0 bridgehead atoms. The lowest BCUT2D eigenvalue weighted by Gasteiger charge is -2.47. The van der Waals surface area contributed by atoms with E-state index in [1.165, 1.54) is 30.4 Å². The zero-order chi connectivity index (χ0) is 21.4. The van der Waals surface area contributed by atoms with Gasteiger partial charge in [-0.15, -0.1) is 11.6 Å². The number of benzene rings is 1. The third kappa shape index (κ3) is 4.08.